The van der Waals surface area contributed by atoms with Gasteiger partial charge in [-0.2, -0.15) is 0 Å². The number of aryl methyl sites for hydroxylation is 2. The number of likely N-dealkylation sites (tertiary alicyclic amines) is 1. The second-order valence-corrected chi connectivity index (χ2v) is 8.34. The molecule has 2 aliphatic rings. The Kier molecular flexibility index (Phi) is 5.87. The van der Waals surface area contributed by atoms with E-state index in [1.807, 2.05) is 20.8 Å². The number of anilines is 1. The highest BCUT2D eigenvalue weighted by atomic mass is 16.6. The van der Waals surface area contributed by atoms with Crippen LogP contribution in [-0.2, 0) is 22.4 Å². The number of fused-ring (bicyclic) bond motifs is 1. The summed E-state index contributed by atoms with van der Waals surface area (Å²) in [4.78, 5) is 30.2. The lowest BCUT2D eigenvalue weighted by Crippen LogP contribution is -2.61. The highest BCUT2D eigenvalue weighted by molar-refractivity contribution is 5.77. The van der Waals surface area contributed by atoms with E-state index >= 15 is 0 Å². The molecule has 7 nitrogen and oxygen atoms in total. The molecule has 0 bridgehead atoms. The van der Waals surface area contributed by atoms with Crippen LogP contribution in [0.1, 0.15) is 51.3 Å². The van der Waals surface area contributed by atoms with Gasteiger partial charge >= 0.3 is 6.09 Å². The summed E-state index contributed by atoms with van der Waals surface area (Å²) in [6, 6.07) is 4.23. The van der Waals surface area contributed by atoms with Crippen LogP contribution in [0, 0.1) is 0 Å². The first-order valence-corrected chi connectivity index (χ1v) is 9.80. The Bertz CT molecular complexity index is 693. The molecular formula is C20H30N4O3. The lowest BCUT2D eigenvalue weighted by Gasteiger charge is -2.40. The lowest BCUT2D eigenvalue weighted by atomic mass is 10.1. The zero-order valence-corrected chi connectivity index (χ0v) is 16.5. The van der Waals surface area contributed by atoms with E-state index in [-0.39, 0.29) is 18.0 Å². The maximum atomic E-state index is 12.1. The Labute approximate surface area is 160 Å². The van der Waals surface area contributed by atoms with Gasteiger partial charge in [-0.3, -0.25) is 4.79 Å². The Morgan fingerprint density at radius 3 is 2.85 bits per heavy atom. The van der Waals surface area contributed by atoms with Gasteiger partial charge in [-0.25, -0.2) is 9.78 Å². The fraction of sp³-hybridized carbons (Fsp3) is 0.650. The first kappa shape index (κ1) is 19.5. The van der Waals surface area contributed by atoms with Crippen molar-refractivity contribution in [3.05, 3.63) is 23.4 Å². The van der Waals surface area contributed by atoms with Gasteiger partial charge < -0.3 is 20.3 Å². The summed E-state index contributed by atoms with van der Waals surface area (Å²) in [7, 11) is 0. The van der Waals surface area contributed by atoms with Crippen LogP contribution in [0.25, 0.3) is 0 Å². The molecule has 0 radical (unpaired) electrons. The number of nitrogens with one attached hydrogen (secondary N) is 2. The number of rotatable bonds is 5. The van der Waals surface area contributed by atoms with Crippen molar-refractivity contribution in [2.75, 3.05) is 25.0 Å². The molecule has 3 rings (SSSR count). The van der Waals surface area contributed by atoms with Gasteiger partial charge in [0.25, 0.3) is 0 Å². The second kappa shape index (κ2) is 8.15. The molecular weight excluding hydrogens is 344 g/mol. The second-order valence-electron chi connectivity index (χ2n) is 8.34. The molecule has 7 heteroatoms. The summed E-state index contributed by atoms with van der Waals surface area (Å²) in [5, 5.41) is 6.32. The highest BCUT2D eigenvalue weighted by Crippen LogP contribution is 2.20. The molecule has 0 aromatic carbocycles. The van der Waals surface area contributed by atoms with Crippen LogP contribution in [0.3, 0.4) is 0 Å². The molecule has 1 aromatic rings. The summed E-state index contributed by atoms with van der Waals surface area (Å²) in [6.07, 6.45) is 3.94. The largest absolute Gasteiger partial charge is 0.444 e. The van der Waals surface area contributed by atoms with Gasteiger partial charge in [0, 0.05) is 31.7 Å². The fourth-order valence-electron chi connectivity index (χ4n) is 3.28. The van der Waals surface area contributed by atoms with E-state index < -0.39 is 5.60 Å². The first-order chi connectivity index (χ1) is 12.8. The van der Waals surface area contributed by atoms with Gasteiger partial charge in [0.15, 0.2) is 0 Å². The first-order valence-electron chi connectivity index (χ1n) is 9.80. The molecule has 0 spiro atoms. The number of amides is 2. The van der Waals surface area contributed by atoms with Crippen LogP contribution >= 0.6 is 0 Å². The van der Waals surface area contributed by atoms with E-state index in [9.17, 15) is 9.59 Å². The minimum absolute atomic E-state index is 0.0242. The zero-order valence-electron chi connectivity index (χ0n) is 16.5. The van der Waals surface area contributed by atoms with Crippen LogP contribution in [0.2, 0.25) is 0 Å². The van der Waals surface area contributed by atoms with Crippen molar-refractivity contribution >= 4 is 17.8 Å². The van der Waals surface area contributed by atoms with E-state index in [1.165, 1.54) is 5.56 Å². The zero-order chi connectivity index (χ0) is 19.4. The predicted octanol–water partition coefficient (Wildman–Crippen LogP) is 2.50. The van der Waals surface area contributed by atoms with Gasteiger partial charge in [-0.15, -0.1) is 0 Å². The number of hydrogen-bond donors (Lipinski definition) is 2. The lowest BCUT2D eigenvalue weighted by molar-refractivity contribution is -0.123. The van der Waals surface area contributed by atoms with Crippen LogP contribution < -0.4 is 10.6 Å². The van der Waals surface area contributed by atoms with Crippen molar-refractivity contribution in [1.82, 2.24) is 15.2 Å². The smallest absolute Gasteiger partial charge is 0.410 e. The average molecular weight is 374 g/mol. The van der Waals surface area contributed by atoms with Gasteiger partial charge in [0.2, 0.25) is 5.91 Å². The molecule has 2 N–H and O–H groups in total. The van der Waals surface area contributed by atoms with Crippen molar-refractivity contribution in [2.24, 2.45) is 0 Å². The van der Waals surface area contributed by atoms with E-state index in [0.717, 1.165) is 43.7 Å². The molecule has 1 saturated heterocycles. The summed E-state index contributed by atoms with van der Waals surface area (Å²) in [5.74, 6) is 1.03. The third-order valence-corrected chi connectivity index (χ3v) is 4.69. The van der Waals surface area contributed by atoms with E-state index in [4.69, 9.17) is 4.74 Å². The summed E-state index contributed by atoms with van der Waals surface area (Å²) in [6.45, 7) is 7.54. The number of carbonyl (C=O) groups is 2. The molecule has 1 fully saturated rings. The number of pyridine rings is 1. The molecule has 0 atom stereocenters. The Hall–Kier alpha value is -2.31. The Morgan fingerprint density at radius 1 is 1.33 bits per heavy atom. The van der Waals surface area contributed by atoms with Gasteiger partial charge in [-0.05, 0) is 58.1 Å². The number of aromatic nitrogens is 1. The van der Waals surface area contributed by atoms with Crippen LogP contribution in [0.15, 0.2) is 12.1 Å². The van der Waals surface area contributed by atoms with Crippen molar-refractivity contribution in [3.8, 4) is 0 Å². The monoisotopic (exact) mass is 374 g/mol. The summed E-state index contributed by atoms with van der Waals surface area (Å²) in [5.41, 5.74) is 1.81. The standard InChI is InChI=1S/C20H30N4O3/c1-20(2,3)27-19(26)24-12-16(13-24)22-17(25)8-4-7-15-10-9-14-6-5-11-21-18(14)23-15/h9-10,16H,4-8,11-13H2,1-3H3,(H,21,23)(H,22,25). The quantitative estimate of drug-likeness (QED) is 0.827. The Morgan fingerprint density at radius 2 is 2.11 bits per heavy atom. The third kappa shape index (κ3) is 5.58. The van der Waals surface area contributed by atoms with E-state index in [1.54, 1.807) is 4.90 Å². The number of carbonyl (C=O) groups excluding carboxylic acids is 2. The van der Waals surface area contributed by atoms with Gasteiger partial charge in [0.05, 0.1) is 6.04 Å². The molecule has 1 aromatic heterocycles. The van der Waals surface area contributed by atoms with Crippen LogP contribution in [0.5, 0.6) is 0 Å². The average Bonchev–Trinajstić information content (AvgIpc) is 2.56. The SMILES string of the molecule is CC(C)(C)OC(=O)N1CC(NC(=O)CCCc2ccc3c(n2)NCCC3)C1. The number of nitrogens with zero attached hydrogens (tertiary/aromatic N) is 2. The predicted molar refractivity (Wildman–Crippen MR) is 104 cm³/mol. The maximum absolute atomic E-state index is 12.1. The van der Waals surface area contributed by atoms with E-state index in [2.05, 4.69) is 27.8 Å². The molecule has 27 heavy (non-hydrogen) atoms. The molecule has 3 heterocycles. The van der Waals surface area contributed by atoms with Crippen LogP contribution in [-0.4, -0.2) is 53.2 Å². The van der Waals surface area contributed by atoms with E-state index in [0.29, 0.717) is 19.5 Å². The van der Waals surface area contributed by atoms with Gasteiger partial charge in [0.1, 0.15) is 11.4 Å². The van der Waals surface area contributed by atoms with Crippen molar-refractivity contribution in [1.29, 1.82) is 0 Å². The third-order valence-electron chi connectivity index (χ3n) is 4.69. The highest BCUT2D eigenvalue weighted by Gasteiger charge is 2.34. The maximum Gasteiger partial charge on any atom is 0.410 e. The molecule has 0 saturated carbocycles. The van der Waals surface area contributed by atoms with Crippen molar-refractivity contribution in [3.63, 3.8) is 0 Å². The molecule has 148 valence electrons. The number of ether oxygens (including phenoxy) is 1. The fourth-order valence-corrected chi connectivity index (χ4v) is 3.28. The van der Waals surface area contributed by atoms with Crippen LogP contribution in [0.4, 0.5) is 10.6 Å². The Balaban J connectivity index is 1.33. The summed E-state index contributed by atoms with van der Waals surface area (Å²) < 4.78 is 5.31. The van der Waals surface area contributed by atoms with Crippen molar-refractivity contribution < 1.29 is 14.3 Å². The topological polar surface area (TPSA) is 83.6 Å². The van der Waals surface area contributed by atoms with Gasteiger partial charge in [-0.1, -0.05) is 6.07 Å². The molecule has 2 amide bonds. The molecule has 2 aliphatic heterocycles. The summed E-state index contributed by atoms with van der Waals surface area (Å²) >= 11 is 0. The molecule has 0 unspecified atom stereocenters. The minimum atomic E-state index is -0.494. The van der Waals surface area contributed by atoms with Crippen molar-refractivity contribution in [2.45, 2.75) is 64.5 Å². The molecule has 0 aliphatic carbocycles. The minimum Gasteiger partial charge on any atom is -0.444 e. The normalized spacial score (nSPS) is 16.8. The number of hydrogen-bond acceptors (Lipinski definition) is 5.